The number of pyridine rings is 2. The number of anilines is 1. The number of ether oxygens (including phenoxy) is 1. The molecule has 2 aromatic carbocycles. The topological polar surface area (TPSA) is 219 Å². The number of aliphatic carboxylic acids is 1. The fourth-order valence-electron chi connectivity index (χ4n) is 4.86. The van der Waals surface area contributed by atoms with Gasteiger partial charge < -0.3 is 25.4 Å². The minimum absolute atomic E-state index is 0. The molecule has 0 radical (unpaired) electrons. The van der Waals surface area contributed by atoms with Gasteiger partial charge >= 0.3 is 11.9 Å². The third-order valence-corrected chi connectivity index (χ3v) is 7.05. The van der Waals surface area contributed by atoms with Crippen molar-refractivity contribution in [3.05, 3.63) is 111 Å². The Morgan fingerprint density at radius 2 is 1.48 bits per heavy atom. The van der Waals surface area contributed by atoms with Crippen LogP contribution in [0.25, 0.3) is 33.7 Å². The number of nitrogen functional groups attached to an aromatic ring is 1. The number of carboxylic acid groups (broad SMARTS) is 1. The van der Waals surface area contributed by atoms with Crippen molar-refractivity contribution in [3.63, 3.8) is 0 Å². The fourth-order valence-corrected chi connectivity index (χ4v) is 4.86. The third-order valence-electron chi connectivity index (χ3n) is 7.05. The number of aliphatic hydroxyl groups is 1. The molecule has 3 aromatic heterocycles. The van der Waals surface area contributed by atoms with Gasteiger partial charge in [-0.3, -0.25) is 28.4 Å². The van der Waals surface area contributed by atoms with Crippen LogP contribution in [0.5, 0.6) is 0 Å². The summed E-state index contributed by atoms with van der Waals surface area (Å²) in [6.07, 6.45) is 3.83. The Labute approximate surface area is 292 Å². The SMILES string of the molecule is CC(C)(C)OC(=O)CCC(=O)c1c(NN)[nH]cc(-c2ccccc2)c1=O.Cl.O=C(O)CCC(O)=c1c(=O)c(-c2ccccc2)cn2cnnc12. The highest BCUT2D eigenvalue weighted by Gasteiger charge is 2.22. The Morgan fingerprint density at radius 3 is 2.04 bits per heavy atom. The second kappa shape index (κ2) is 17.0. The summed E-state index contributed by atoms with van der Waals surface area (Å²) >= 11 is 0. The van der Waals surface area contributed by atoms with E-state index in [0.29, 0.717) is 22.3 Å². The number of nitrogens with two attached hydrogens (primary N) is 1. The van der Waals surface area contributed by atoms with Crippen LogP contribution < -0.4 is 27.3 Å². The van der Waals surface area contributed by atoms with E-state index in [1.54, 1.807) is 75.5 Å². The van der Waals surface area contributed by atoms with E-state index in [-0.39, 0.29) is 66.1 Å². The number of nitrogens with one attached hydrogen (secondary N) is 2. The number of hydrazine groups is 1. The number of nitrogens with zero attached hydrogens (tertiary/aromatic N) is 3. The van der Waals surface area contributed by atoms with E-state index in [0.717, 1.165) is 0 Å². The molecule has 0 bridgehead atoms. The maximum Gasteiger partial charge on any atom is 0.306 e. The Kier molecular flexibility index (Phi) is 13.1. The molecule has 0 unspecified atom stereocenters. The van der Waals surface area contributed by atoms with Gasteiger partial charge in [-0.25, -0.2) is 5.84 Å². The number of carbonyl (C=O) groups excluding carboxylic acids is 2. The fraction of sp³-hybridized carbons (Fsp3) is 0.229. The maximum absolute atomic E-state index is 12.8. The summed E-state index contributed by atoms with van der Waals surface area (Å²) in [5, 5.41) is 26.5. The number of hydrogen-bond acceptors (Lipinski definition) is 11. The second-order valence-electron chi connectivity index (χ2n) is 11.8. The molecule has 0 aliphatic rings. The van der Waals surface area contributed by atoms with Crippen molar-refractivity contribution >= 4 is 47.4 Å². The molecule has 0 aliphatic heterocycles. The van der Waals surface area contributed by atoms with Crippen LogP contribution in [0.2, 0.25) is 0 Å². The molecule has 5 rings (SSSR count). The van der Waals surface area contributed by atoms with Gasteiger partial charge in [0.1, 0.15) is 34.3 Å². The molecule has 0 saturated carbocycles. The van der Waals surface area contributed by atoms with Crippen molar-refractivity contribution in [1.29, 1.82) is 0 Å². The Hall–Kier alpha value is -5.86. The molecular formula is C35H37ClN6O8. The van der Waals surface area contributed by atoms with E-state index in [1.165, 1.54) is 16.9 Å². The van der Waals surface area contributed by atoms with Crippen LogP contribution in [0.15, 0.2) is 89.0 Å². The molecule has 0 fully saturated rings. The first-order valence-electron chi connectivity index (χ1n) is 15.2. The molecule has 14 nitrogen and oxygen atoms in total. The van der Waals surface area contributed by atoms with Crippen molar-refractivity contribution in [2.24, 2.45) is 5.84 Å². The number of esters is 1. The predicted octanol–water partition coefficient (Wildman–Crippen LogP) is 4.06. The average Bonchev–Trinajstić information content (AvgIpc) is 3.54. The first kappa shape index (κ1) is 38.6. The van der Waals surface area contributed by atoms with Crippen molar-refractivity contribution in [2.75, 3.05) is 5.43 Å². The van der Waals surface area contributed by atoms with E-state index >= 15 is 0 Å². The largest absolute Gasteiger partial charge is 0.511 e. The smallest absolute Gasteiger partial charge is 0.306 e. The number of aliphatic hydroxyl groups excluding tert-OH is 1. The number of fused-ring (bicyclic) bond motifs is 1. The quantitative estimate of drug-likeness (QED) is 0.0602. The normalized spacial score (nSPS) is 11.4. The van der Waals surface area contributed by atoms with Crippen LogP contribution in [-0.2, 0) is 14.3 Å². The lowest BCUT2D eigenvalue weighted by atomic mass is 10.0. The molecule has 5 aromatic rings. The molecular weight excluding hydrogens is 668 g/mol. The van der Waals surface area contributed by atoms with Crippen LogP contribution in [0.4, 0.5) is 5.82 Å². The molecule has 15 heteroatoms. The van der Waals surface area contributed by atoms with Gasteiger partial charge in [-0.1, -0.05) is 60.7 Å². The number of ketones is 1. The molecule has 50 heavy (non-hydrogen) atoms. The summed E-state index contributed by atoms with van der Waals surface area (Å²) in [6, 6.07) is 18.0. The van der Waals surface area contributed by atoms with Gasteiger partial charge in [0.05, 0.1) is 12.8 Å². The van der Waals surface area contributed by atoms with Gasteiger partial charge in [-0.15, -0.1) is 22.6 Å². The zero-order chi connectivity index (χ0) is 35.7. The van der Waals surface area contributed by atoms with Crippen LogP contribution in [0.1, 0.15) is 56.8 Å². The number of hydrogen-bond donors (Lipinski definition) is 5. The number of halogens is 1. The van der Waals surface area contributed by atoms with Crippen molar-refractivity contribution in [2.45, 2.75) is 52.1 Å². The Bertz CT molecular complexity index is 2150. The lowest BCUT2D eigenvalue weighted by Gasteiger charge is -2.19. The first-order chi connectivity index (χ1) is 23.3. The van der Waals surface area contributed by atoms with E-state index in [4.69, 9.17) is 15.7 Å². The van der Waals surface area contributed by atoms with Gasteiger partial charge in [0.25, 0.3) is 0 Å². The number of rotatable bonds is 10. The maximum atomic E-state index is 12.8. The summed E-state index contributed by atoms with van der Waals surface area (Å²) < 4.78 is 6.72. The van der Waals surface area contributed by atoms with E-state index < -0.39 is 34.2 Å². The number of benzene rings is 2. The number of aromatic nitrogens is 4. The Balaban J connectivity index is 0.000000267. The number of carboxylic acids is 1. The van der Waals surface area contributed by atoms with Gasteiger partial charge in [0.15, 0.2) is 11.4 Å². The molecule has 0 atom stereocenters. The highest BCUT2D eigenvalue weighted by molar-refractivity contribution is 6.02. The van der Waals surface area contributed by atoms with E-state index in [9.17, 15) is 29.1 Å². The van der Waals surface area contributed by atoms with Crippen molar-refractivity contribution in [3.8, 4) is 22.3 Å². The molecule has 6 N–H and O–H groups in total. The minimum atomic E-state index is -1.05. The van der Waals surface area contributed by atoms with Gasteiger partial charge in [-0.05, 0) is 31.9 Å². The molecule has 0 amide bonds. The number of Topliss-reactive ketones (excluding diaryl/α,β-unsaturated/α-hetero) is 1. The summed E-state index contributed by atoms with van der Waals surface area (Å²) in [5.74, 6) is 3.20. The summed E-state index contributed by atoms with van der Waals surface area (Å²) in [6.45, 7) is 5.24. The van der Waals surface area contributed by atoms with Crippen LogP contribution in [0.3, 0.4) is 0 Å². The van der Waals surface area contributed by atoms with Crippen molar-refractivity contribution in [1.82, 2.24) is 19.6 Å². The first-order valence-corrected chi connectivity index (χ1v) is 15.2. The zero-order valence-corrected chi connectivity index (χ0v) is 28.3. The van der Waals surface area contributed by atoms with Crippen LogP contribution in [0, 0.1) is 0 Å². The predicted molar refractivity (Wildman–Crippen MR) is 190 cm³/mol. The highest BCUT2D eigenvalue weighted by atomic mass is 35.5. The van der Waals surface area contributed by atoms with Crippen LogP contribution >= 0.6 is 12.4 Å². The lowest BCUT2D eigenvalue weighted by molar-refractivity contribution is -0.154. The highest BCUT2D eigenvalue weighted by Crippen LogP contribution is 2.20. The number of H-pyrrole nitrogens is 1. The second-order valence-corrected chi connectivity index (χ2v) is 11.8. The third kappa shape index (κ3) is 9.61. The number of aromatic amines is 1. The minimum Gasteiger partial charge on any atom is -0.511 e. The van der Waals surface area contributed by atoms with E-state index in [2.05, 4.69) is 20.6 Å². The molecule has 3 heterocycles. The lowest BCUT2D eigenvalue weighted by Crippen LogP contribution is -2.31. The van der Waals surface area contributed by atoms with Gasteiger partial charge in [0, 0.05) is 36.4 Å². The standard InChI is InChI=1S/C19H23N3O4.C16H13N3O4.ClH/c1-19(2,3)26-15(24)10-9-14(23)16-17(25)13(11-21-18(16)22-20)12-7-5-4-6-8-12;20-12(6-7-13(21)22)14-15(23)11(10-4-2-1-3-5-10)8-19-9-17-18-16(14)19;/h4-8,11H,9-10,20H2,1-3H3,(H2,21,22,25);1-5,8-9,20H,6-7H2,(H,21,22);1H. The Morgan fingerprint density at radius 1 is 0.880 bits per heavy atom. The molecule has 0 aliphatic carbocycles. The molecule has 0 saturated heterocycles. The van der Waals surface area contributed by atoms with Crippen LogP contribution in [-0.4, -0.2) is 53.1 Å². The average molecular weight is 705 g/mol. The van der Waals surface area contributed by atoms with Crippen molar-refractivity contribution < 1.29 is 29.3 Å². The molecule has 262 valence electrons. The molecule has 0 spiro atoms. The summed E-state index contributed by atoms with van der Waals surface area (Å²) in [4.78, 5) is 63.5. The summed E-state index contributed by atoms with van der Waals surface area (Å²) in [7, 11) is 0. The zero-order valence-electron chi connectivity index (χ0n) is 27.5. The van der Waals surface area contributed by atoms with Gasteiger partial charge in [0.2, 0.25) is 10.9 Å². The number of carbonyl (C=O) groups is 3. The van der Waals surface area contributed by atoms with Gasteiger partial charge in [-0.2, -0.15) is 0 Å². The van der Waals surface area contributed by atoms with E-state index in [1.807, 2.05) is 12.1 Å². The summed E-state index contributed by atoms with van der Waals surface area (Å²) in [5.41, 5.74) is 3.07. The monoisotopic (exact) mass is 704 g/mol.